The molecule has 0 saturated carbocycles. The van der Waals surface area contributed by atoms with Crippen molar-refractivity contribution in [3.8, 4) is 0 Å². The fraction of sp³-hybridized carbons (Fsp3) is 0.214. The van der Waals surface area contributed by atoms with Crippen LogP contribution in [0.25, 0.3) is 0 Å². The number of aryl methyl sites for hydroxylation is 1. The van der Waals surface area contributed by atoms with Crippen molar-refractivity contribution < 1.29 is 14.3 Å². The van der Waals surface area contributed by atoms with Gasteiger partial charge in [-0.15, -0.1) is 0 Å². The third kappa shape index (κ3) is 3.68. The SMILES string of the molecule is Cn1nccc1C(=O)OCC(=O)NCc1ccccc1. The van der Waals surface area contributed by atoms with Crippen LogP contribution >= 0.6 is 0 Å². The number of aromatic nitrogens is 2. The minimum Gasteiger partial charge on any atom is -0.451 e. The lowest BCUT2D eigenvalue weighted by Gasteiger charge is -2.06. The van der Waals surface area contributed by atoms with E-state index in [0.717, 1.165) is 5.56 Å². The Balaban J connectivity index is 1.75. The number of ether oxygens (including phenoxy) is 1. The third-order valence-electron chi connectivity index (χ3n) is 2.70. The zero-order chi connectivity index (χ0) is 14.4. The van der Waals surface area contributed by atoms with E-state index in [1.165, 1.54) is 16.9 Å². The number of hydrogen-bond donors (Lipinski definition) is 1. The first-order valence-corrected chi connectivity index (χ1v) is 6.12. The van der Waals surface area contributed by atoms with Gasteiger partial charge in [-0.1, -0.05) is 30.3 Å². The summed E-state index contributed by atoms with van der Waals surface area (Å²) in [5.41, 5.74) is 1.29. The predicted octanol–water partition coefficient (Wildman–Crippen LogP) is 0.893. The van der Waals surface area contributed by atoms with Crippen molar-refractivity contribution >= 4 is 11.9 Å². The van der Waals surface area contributed by atoms with Crippen molar-refractivity contribution in [2.24, 2.45) is 7.05 Å². The second-order valence-corrected chi connectivity index (χ2v) is 4.18. The van der Waals surface area contributed by atoms with Gasteiger partial charge in [-0.25, -0.2) is 4.79 Å². The zero-order valence-electron chi connectivity index (χ0n) is 11.1. The number of hydrogen-bond acceptors (Lipinski definition) is 4. The largest absolute Gasteiger partial charge is 0.451 e. The van der Waals surface area contributed by atoms with Gasteiger partial charge >= 0.3 is 5.97 Å². The summed E-state index contributed by atoms with van der Waals surface area (Å²) in [5, 5.41) is 6.53. The van der Waals surface area contributed by atoms with Crippen molar-refractivity contribution in [1.82, 2.24) is 15.1 Å². The second kappa shape index (κ2) is 6.51. The van der Waals surface area contributed by atoms with Gasteiger partial charge in [0.05, 0.1) is 0 Å². The highest BCUT2D eigenvalue weighted by Gasteiger charge is 2.13. The van der Waals surface area contributed by atoms with Crippen molar-refractivity contribution in [2.75, 3.05) is 6.61 Å². The summed E-state index contributed by atoms with van der Waals surface area (Å²) in [5.74, 6) is -0.913. The van der Waals surface area contributed by atoms with Gasteiger partial charge in [-0.05, 0) is 11.6 Å². The van der Waals surface area contributed by atoms with Gasteiger partial charge in [0.25, 0.3) is 5.91 Å². The molecule has 0 radical (unpaired) electrons. The van der Waals surface area contributed by atoms with Crippen LogP contribution in [0.15, 0.2) is 42.6 Å². The van der Waals surface area contributed by atoms with E-state index in [4.69, 9.17) is 4.74 Å². The first-order chi connectivity index (χ1) is 9.66. The summed E-state index contributed by atoms with van der Waals surface area (Å²) in [6.07, 6.45) is 1.49. The van der Waals surface area contributed by atoms with Gasteiger partial charge in [0.15, 0.2) is 6.61 Å². The van der Waals surface area contributed by atoms with E-state index in [9.17, 15) is 9.59 Å². The maximum atomic E-state index is 11.6. The molecular formula is C14H15N3O3. The Hall–Kier alpha value is -2.63. The maximum Gasteiger partial charge on any atom is 0.357 e. The van der Waals surface area contributed by atoms with Crippen LogP contribution in [0.2, 0.25) is 0 Å². The van der Waals surface area contributed by atoms with Gasteiger partial charge in [0.2, 0.25) is 0 Å². The molecule has 0 bridgehead atoms. The summed E-state index contributed by atoms with van der Waals surface area (Å²) in [6, 6.07) is 11.0. The molecule has 0 aliphatic rings. The maximum absolute atomic E-state index is 11.6. The van der Waals surface area contributed by atoms with Gasteiger partial charge < -0.3 is 10.1 Å². The lowest BCUT2D eigenvalue weighted by molar-refractivity contribution is -0.124. The standard InChI is InChI=1S/C14H15N3O3/c1-17-12(7-8-16-17)14(19)20-10-13(18)15-9-11-5-3-2-4-6-11/h2-8H,9-10H2,1H3,(H,15,18). The Kier molecular flexibility index (Phi) is 4.49. The Bertz CT molecular complexity index is 593. The molecule has 2 rings (SSSR count). The Labute approximate surface area is 116 Å². The van der Waals surface area contributed by atoms with E-state index in [-0.39, 0.29) is 12.5 Å². The molecule has 0 unspecified atom stereocenters. The minimum atomic E-state index is -0.570. The predicted molar refractivity (Wildman–Crippen MR) is 71.8 cm³/mol. The molecule has 6 heteroatoms. The number of nitrogens with zero attached hydrogens (tertiary/aromatic N) is 2. The van der Waals surface area contributed by atoms with Gasteiger partial charge in [-0.2, -0.15) is 5.10 Å². The highest BCUT2D eigenvalue weighted by Crippen LogP contribution is 2.00. The molecule has 0 aliphatic heterocycles. The van der Waals surface area contributed by atoms with Crippen molar-refractivity contribution in [3.05, 3.63) is 53.9 Å². The molecule has 0 fully saturated rings. The van der Waals surface area contributed by atoms with Crippen LogP contribution in [-0.4, -0.2) is 28.3 Å². The smallest absolute Gasteiger partial charge is 0.357 e. The second-order valence-electron chi connectivity index (χ2n) is 4.18. The molecule has 0 atom stereocenters. The number of carbonyl (C=O) groups excluding carboxylic acids is 2. The van der Waals surface area contributed by atoms with Crippen LogP contribution < -0.4 is 5.32 Å². The Morgan fingerprint density at radius 3 is 2.65 bits per heavy atom. The van der Waals surface area contributed by atoms with Crippen LogP contribution in [0.1, 0.15) is 16.1 Å². The summed E-state index contributed by atoms with van der Waals surface area (Å²) in [4.78, 5) is 23.2. The lowest BCUT2D eigenvalue weighted by atomic mass is 10.2. The summed E-state index contributed by atoms with van der Waals surface area (Å²) in [7, 11) is 1.63. The molecular weight excluding hydrogens is 258 g/mol. The van der Waals surface area contributed by atoms with Gasteiger partial charge in [-0.3, -0.25) is 9.48 Å². The molecule has 1 N–H and O–H groups in total. The molecule has 20 heavy (non-hydrogen) atoms. The number of benzene rings is 1. The van der Waals surface area contributed by atoms with Crippen LogP contribution in [0.4, 0.5) is 0 Å². The first kappa shape index (κ1) is 13.8. The van der Waals surface area contributed by atoms with E-state index in [2.05, 4.69) is 10.4 Å². The quantitative estimate of drug-likeness (QED) is 0.821. The van der Waals surface area contributed by atoms with Crippen molar-refractivity contribution in [2.45, 2.75) is 6.54 Å². The van der Waals surface area contributed by atoms with Crippen LogP contribution in [-0.2, 0) is 23.1 Å². The van der Waals surface area contributed by atoms with Crippen molar-refractivity contribution in [3.63, 3.8) is 0 Å². The number of rotatable bonds is 5. The number of esters is 1. The van der Waals surface area contributed by atoms with E-state index >= 15 is 0 Å². The molecule has 0 saturated heterocycles. The molecule has 1 aromatic carbocycles. The normalized spacial score (nSPS) is 10.1. The van der Waals surface area contributed by atoms with E-state index in [0.29, 0.717) is 12.2 Å². The summed E-state index contributed by atoms with van der Waals surface area (Å²) >= 11 is 0. The Morgan fingerprint density at radius 1 is 1.25 bits per heavy atom. The molecule has 1 heterocycles. The van der Waals surface area contributed by atoms with Gasteiger partial charge in [0.1, 0.15) is 5.69 Å². The molecule has 0 aliphatic carbocycles. The molecule has 0 spiro atoms. The molecule has 2 aromatic rings. The van der Waals surface area contributed by atoms with Crippen LogP contribution in [0, 0.1) is 0 Å². The lowest BCUT2D eigenvalue weighted by Crippen LogP contribution is -2.28. The summed E-state index contributed by atoms with van der Waals surface area (Å²) < 4.78 is 6.30. The molecule has 1 amide bonds. The van der Waals surface area contributed by atoms with Crippen molar-refractivity contribution in [1.29, 1.82) is 0 Å². The molecule has 6 nitrogen and oxygen atoms in total. The van der Waals surface area contributed by atoms with Gasteiger partial charge in [0, 0.05) is 19.8 Å². The number of nitrogens with one attached hydrogen (secondary N) is 1. The minimum absolute atomic E-state index is 0.306. The first-order valence-electron chi connectivity index (χ1n) is 6.12. The monoisotopic (exact) mass is 273 g/mol. The Morgan fingerprint density at radius 2 is 2.00 bits per heavy atom. The average Bonchev–Trinajstić information content (AvgIpc) is 2.90. The highest BCUT2D eigenvalue weighted by molar-refractivity contribution is 5.89. The summed E-state index contributed by atoms with van der Waals surface area (Å²) in [6.45, 7) is 0.0970. The number of amides is 1. The molecule has 104 valence electrons. The fourth-order valence-corrected chi connectivity index (χ4v) is 1.63. The van der Waals surface area contributed by atoms with Crippen LogP contribution in [0.5, 0.6) is 0 Å². The third-order valence-corrected chi connectivity index (χ3v) is 2.70. The van der Waals surface area contributed by atoms with E-state index in [1.54, 1.807) is 7.05 Å². The zero-order valence-corrected chi connectivity index (χ0v) is 11.1. The highest BCUT2D eigenvalue weighted by atomic mass is 16.5. The van der Waals surface area contributed by atoms with Crippen LogP contribution in [0.3, 0.4) is 0 Å². The fourth-order valence-electron chi connectivity index (χ4n) is 1.63. The molecule has 1 aromatic heterocycles. The number of carbonyl (C=O) groups is 2. The average molecular weight is 273 g/mol. The van der Waals surface area contributed by atoms with E-state index in [1.807, 2.05) is 30.3 Å². The van der Waals surface area contributed by atoms with E-state index < -0.39 is 5.97 Å². The topological polar surface area (TPSA) is 73.2 Å².